The van der Waals surface area contributed by atoms with Crippen molar-refractivity contribution in [2.24, 2.45) is 5.28 Å². The van der Waals surface area contributed by atoms with Crippen molar-refractivity contribution in [2.75, 3.05) is 31.4 Å². The molecule has 0 fully saturated rings. The predicted molar refractivity (Wildman–Crippen MR) is 167 cm³/mol. The Hall–Kier alpha value is -4.40. The van der Waals surface area contributed by atoms with E-state index in [9.17, 15) is 23.2 Å². The van der Waals surface area contributed by atoms with E-state index in [-0.39, 0.29) is 38.6 Å². The number of para-hydroxylation sites is 1. The molecule has 1 atom stereocenters. The van der Waals surface area contributed by atoms with Gasteiger partial charge in [0, 0.05) is 12.1 Å². The summed E-state index contributed by atoms with van der Waals surface area (Å²) in [6.07, 6.45) is 1.09. The number of benzene rings is 3. The molecule has 3 aromatic carbocycles. The summed E-state index contributed by atoms with van der Waals surface area (Å²) in [5.41, 5.74) is 6.02. The van der Waals surface area contributed by atoms with Crippen molar-refractivity contribution in [1.29, 1.82) is 0 Å². The number of hydrogen-bond donors (Lipinski definition) is 2. The van der Waals surface area contributed by atoms with Crippen molar-refractivity contribution in [2.45, 2.75) is 44.6 Å². The lowest BCUT2D eigenvalue weighted by molar-refractivity contribution is -0.710. The summed E-state index contributed by atoms with van der Waals surface area (Å²) >= 11 is 6.24. The van der Waals surface area contributed by atoms with Crippen LogP contribution in [0.3, 0.4) is 0 Å². The fourth-order valence-corrected chi connectivity index (χ4v) is 6.28. The Morgan fingerprint density at radius 3 is 2.49 bits per heavy atom. The Morgan fingerprint density at radius 2 is 1.78 bits per heavy atom. The molecular weight excluding hydrogens is 624 g/mol. The monoisotopic (exact) mass is 658 g/mol. The van der Waals surface area contributed by atoms with Crippen LogP contribution < -0.4 is 15.2 Å². The first-order valence-electron chi connectivity index (χ1n) is 14.3. The summed E-state index contributed by atoms with van der Waals surface area (Å²) < 4.78 is 33.7. The minimum atomic E-state index is -4.05. The van der Waals surface area contributed by atoms with Gasteiger partial charge in [0.15, 0.2) is 0 Å². The fourth-order valence-electron chi connectivity index (χ4n) is 4.73. The van der Waals surface area contributed by atoms with Gasteiger partial charge in [-0.2, -0.15) is 0 Å². The molecule has 0 saturated carbocycles. The number of halogens is 1. The van der Waals surface area contributed by atoms with E-state index < -0.39 is 28.7 Å². The minimum absolute atomic E-state index is 0.0189. The fraction of sp³-hybridized carbons (Fsp3) is 0.333. The molecule has 15 heteroatoms. The van der Waals surface area contributed by atoms with Crippen LogP contribution in [-0.4, -0.2) is 62.7 Å². The van der Waals surface area contributed by atoms with Gasteiger partial charge in [-0.15, -0.1) is 5.01 Å². The Balaban J connectivity index is 1.30. The number of fused-ring (bicyclic) bond motifs is 1. The van der Waals surface area contributed by atoms with Gasteiger partial charge in [-0.3, -0.25) is 15.2 Å². The van der Waals surface area contributed by atoms with Gasteiger partial charge in [-0.1, -0.05) is 41.9 Å². The number of esters is 1. The average molecular weight is 659 g/mol. The molecule has 45 heavy (non-hydrogen) atoms. The molecule has 0 unspecified atom stereocenters. The normalized spacial score (nSPS) is 14.5. The molecule has 0 aromatic heterocycles. The Morgan fingerprint density at radius 1 is 1.09 bits per heavy atom. The van der Waals surface area contributed by atoms with Crippen LogP contribution in [0.1, 0.15) is 52.6 Å². The number of ether oxygens (including phenoxy) is 1. The molecule has 1 aliphatic rings. The highest BCUT2D eigenvalue weighted by Crippen LogP contribution is 2.30. The third-order valence-corrected chi connectivity index (χ3v) is 9.09. The van der Waals surface area contributed by atoms with Gasteiger partial charge >= 0.3 is 5.97 Å². The van der Waals surface area contributed by atoms with Crippen LogP contribution in [0.4, 0.5) is 5.69 Å². The first-order chi connectivity index (χ1) is 21.5. The summed E-state index contributed by atoms with van der Waals surface area (Å²) in [4.78, 5) is 30.2. The minimum Gasteiger partial charge on any atom is -0.569 e. The predicted octanol–water partition coefficient (Wildman–Crippen LogP) is 4.22. The van der Waals surface area contributed by atoms with Gasteiger partial charge in [0.2, 0.25) is 15.3 Å². The maximum absolute atomic E-state index is 13.1. The summed E-state index contributed by atoms with van der Waals surface area (Å²) in [5.74, 6) is -1.14. The quantitative estimate of drug-likeness (QED) is 0.0647. The van der Waals surface area contributed by atoms with Gasteiger partial charge in [0.1, 0.15) is 4.90 Å². The van der Waals surface area contributed by atoms with Crippen molar-refractivity contribution < 1.29 is 32.6 Å². The SMILES string of the molecule is CCN(CC)/[N+]([O-])=N/OCOC(=O)c1ccc(CCNS(=O)(=O)c2cc(C(=O)NN3c4ccccc4C[C@H]3C)ccc2Cl)cc1. The zero-order valence-electron chi connectivity index (χ0n) is 25.1. The van der Waals surface area contributed by atoms with E-state index in [0.29, 0.717) is 19.5 Å². The highest BCUT2D eigenvalue weighted by Gasteiger charge is 2.28. The Labute approximate surface area is 266 Å². The first kappa shape index (κ1) is 33.5. The molecule has 0 aliphatic carbocycles. The molecule has 1 amide bonds. The van der Waals surface area contributed by atoms with E-state index in [4.69, 9.17) is 21.2 Å². The van der Waals surface area contributed by atoms with Gasteiger partial charge in [0.25, 0.3) is 12.7 Å². The molecule has 1 heterocycles. The summed E-state index contributed by atoms with van der Waals surface area (Å²) in [7, 11) is -4.05. The topological polar surface area (TPSA) is 156 Å². The summed E-state index contributed by atoms with van der Waals surface area (Å²) in [6, 6.07) is 18.3. The van der Waals surface area contributed by atoms with Crippen molar-refractivity contribution in [3.63, 3.8) is 0 Å². The van der Waals surface area contributed by atoms with Crippen LogP contribution >= 0.6 is 11.6 Å². The van der Waals surface area contributed by atoms with Gasteiger partial charge in [0.05, 0.1) is 40.4 Å². The molecule has 240 valence electrons. The van der Waals surface area contributed by atoms with Gasteiger partial charge < -0.3 is 14.8 Å². The lowest BCUT2D eigenvalue weighted by Crippen LogP contribution is -2.45. The second-order valence-electron chi connectivity index (χ2n) is 10.1. The van der Waals surface area contributed by atoms with Crippen molar-refractivity contribution in [3.05, 3.63) is 99.2 Å². The smallest absolute Gasteiger partial charge is 0.341 e. The molecule has 13 nitrogen and oxygen atoms in total. The number of hydrogen-bond acceptors (Lipinski definition) is 9. The number of carbonyl (C=O) groups excluding carboxylic acids is 2. The number of nitrogens with one attached hydrogen (secondary N) is 2. The Kier molecular flexibility index (Phi) is 11.2. The number of hydrazine groups is 2. The van der Waals surface area contributed by atoms with E-state index in [1.165, 1.54) is 35.3 Å². The number of carbonyl (C=O) groups is 2. The van der Waals surface area contributed by atoms with Crippen LogP contribution in [0.25, 0.3) is 0 Å². The average Bonchev–Trinajstić information content (AvgIpc) is 3.34. The zero-order chi connectivity index (χ0) is 32.6. The van der Waals surface area contributed by atoms with Crippen LogP contribution in [-0.2, 0) is 32.4 Å². The molecule has 0 bridgehead atoms. The standard InChI is InChI=1S/C30H35ClN6O7S/c1-4-35(5-2)37(40)34-44-20-43-30(39)23-12-10-22(11-13-23)16-17-32-45(41,42)28-19-25(14-15-26(28)31)29(38)33-36-21(3)18-24-8-6-7-9-27(24)36/h6-15,19,21,32H,4-5,16-18,20H2,1-3H3,(H,33,38)/b37-34-/t21-/m1/s1. The number of anilines is 1. The number of rotatable bonds is 14. The van der Waals surface area contributed by atoms with Crippen LogP contribution in [0, 0.1) is 5.21 Å². The highest BCUT2D eigenvalue weighted by atomic mass is 35.5. The van der Waals surface area contributed by atoms with E-state index in [1.807, 2.05) is 31.2 Å². The van der Waals surface area contributed by atoms with Crippen LogP contribution in [0.2, 0.25) is 5.02 Å². The molecule has 0 spiro atoms. The Bertz CT molecular complexity index is 1650. The largest absolute Gasteiger partial charge is 0.569 e. The van der Waals surface area contributed by atoms with Crippen molar-refractivity contribution in [1.82, 2.24) is 15.2 Å². The molecule has 0 radical (unpaired) electrons. The second kappa shape index (κ2) is 15.1. The van der Waals surface area contributed by atoms with Crippen LogP contribution in [0.15, 0.2) is 76.9 Å². The number of amides is 1. The molecule has 2 N–H and O–H groups in total. The third kappa shape index (κ3) is 8.41. The van der Waals surface area contributed by atoms with Gasteiger partial charge in [-0.05, 0) is 81.1 Å². The third-order valence-electron chi connectivity index (χ3n) is 7.15. The maximum atomic E-state index is 13.1. The van der Waals surface area contributed by atoms with E-state index in [2.05, 4.69) is 15.4 Å². The van der Waals surface area contributed by atoms with Crippen molar-refractivity contribution >= 4 is 39.2 Å². The molecule has 4 rings (SSSR count). The zero-order valence-corrected chi connectivity index (χ0v) is 26.7. The van der Waals surface area contributed by atoms with Crippen LogP contribution in [0.5, 0.6) is 0 Å². The second-order valence-corrected chi connectivity index (χ2v) is 12.3. The van der Waals surface area contributed by atoms with Gasteiger partial charge in [-0.25, -0.2) is 17.9 Å². The summed E-state index contributed by atoms with van der Waals surface area (Å²) in [6.45, 7) is 5.94. The van der Waals surface area contributed by atoms with E-state index in [1.54, 1.807) is 31.0 Å². The summed E-state index contributed by atoms with van der Waals surface area (Å²) in [5, 5.41) is 18.1. The molecule has 1 aliphatic heterocycles. The van der Waals surface area contributed by atoms with E-state index >= 15 is 0 Å². The lowest BCUT2D eigenvalue weighted by atomic mass is 10.1. The first-order valence-corrected chi connectivity index (χ1v) is 16.2. The number of sulfonamides is 1. The maximum Gasteiger partial charge on any atom is 0.341 e. The highest BCUT2D eigenvalue weighted by molar-refractivity contribution is 7.89. The molecular formula is C30H35ClN6O7S. The number of nitrogens with zero attached hydrogens (tertiary/aromatic N) is 4. The lowest BCUT2D eigenvalue weighted by Gasteiger charge is -2.25. The van der Waals surface area contributed by atoms with Crippen molar-refractivity contribution in [3.8, 4) is 0 Å². The van der Waals surface area contributed by atoms with E-state index in [0.717, 1.165) is 23.2 Å². The molecule has 3 aromatic rings. The molecule has 0 saturated heterocycles.